The molecule has 148 valence electrons. The number of amides is 2. The molecule has 0 aromatic carbocycles. The second kappa shape index (κ2) is 6.60. The molecule has 0 bridgehead atoms. The number of nitrogens with zero attached hydrogens (tertiary/aromatic N) is 2. The lowest BCUT2D eigenvalue weighted by Crippen LogP contribution is -2.72. The summed E-state index contributed by atoms with van der Waals surface area (Å²) in [4.78, 5) is 38.1. The fourth-order valence-corrected chi connectivity index (χ4v) is 2.87. The van der Waals surface area contributed by atoms with Gasteiger partial charge in [-0.25, -0.2) is 4.79 Å². The number of rotatable bonds is 4. The number of aromatic nitrogens is 1. The average Bonchev–Trinajstić information content (AvgIpc) is 3.11. The maximum Gasteiger partial charge on any atom is 0.437 e. The van der Waals surface area contributed by atoms with Gasteiger partial charge in [-0.15, -0.1) is 0 Å². The first kappa shape index (κ1) is 19.3. The van der Waals surface area contributed by atoms with E-state index in [1.807, 2.05) is 5.32 Å². The minimum absolute atomic E-state index is 0.279. The summed E-state index contributed by atoms with van der Waals surface area (Å²) in [6, 6.07) is 0.961. The van der Waals surface area contributed by atoms with E-state index in [4.69, 9.17) is 4.42 Å². The highest BCUT2D eigenvalue weighted by Gasteiger charge is 2.67. The number of aliphatic hydroxyl groups is 1. The quantitative estimate of drug-likeness (QED) is 0.402. The van der Waals surface area contributed by atoms with Crippen LogP contribution in [0.15, 0.2) is 41.1 Å². The van der Waals surface area contributed by atoms with Crippen LogP contribution in [0.2, 0.25) is 0 Å². The van der Waals surface area contributed by atoms with Crippen molar-refractivity contribution in [3.8, 4) is 0 Å². The molecular formula is C15H11F3N4O6. The number of halogens is 3. The predicted molar refractivity (Wildman–Crippen MR) is 82.8 cm³/mol. The topological polar surface area (TPSA) is 148 Å². The van der Waals surface area contributed by atoms with E-state index in [1.54, 1.807) is 0 Å². The Balaban J connectivity index is 2.15. The van der Waals surface area contributed by atoms with Crippen LogP contribution in [0.1, 0.15) is 22.2 Å². The summed E-state index contributed by atoms with van der Waals surface area (Å²) >= 11 is 0. The van der Waals surface area contributed by atoms with E-state index < -0.39 is 52.2 Å². The molecule has 10 nitrogen and oxygen atoms in total. The largest absolute Gasteiger partial charge is 0.437 e. The molecule has 3 atom stereocenters. The van der Waals surface area contributed by atoms with Crippen LogP contribution in [0.4, 0.5) is 23.8 Å². The normalized spacial score (nSPS) is 24.9. The molecule has 1 aliphatic rings. The van der Waals surface area contributed by atoms with E-state index >= 15 is 0 Å². The van der Waals surface area contributed by atoms with E-state index in [-0.39, 0.29) is 5.56 Å². The molecule has 13 heteroatoms. The third-order valence-corrected chi connectivity index (χ3v) is 4.13. The lowest BCUT2D eigenvalue weighted by Gasteiger charge is -2.44. The number of alkyl halides is 3. The number of pyridine rings is 1. The van der Waals surface area contributed by atoms with Gasteiger partial charge in [0.25, 0.3) is 0 Å². The molecule has 0 aliphatic carbocycles. The number of nitro groups is 1. The summed E-state index contributed by atoms with van der Waals surface area (Å²) in [7, 11) is 0. The lowest BCUT2D eigenvalue weighted by molar-refractivity contribution is -0.402. The molecule has 2 aromatic heterocycles. The highest BCUT2D eigenvalue weighted by Crippen LogP contribution is 2.44. The van der Waals surface area contributed by atoms with Crippen molar-refractivity contribution in [2.45, 2.75) is 17.9 Å². The van der Waals surface area contributed by atoms with Gasteiger partial charge in [-0.05, 0) is 18.2 Å². The molecule has 0 spiro atoms. The number of urea groups is 1. The number of furan rings is 1. The maximum atomic E-state index is 13.6. The van der Waals surface area contributed by atoms with E-state index in [0.29, 0.717) is 0 Å². The summed E-state index contributed by atoms with van der Waals surface area (Å²) in [5, 5.41) is 24.5. The number of hydrogen-bond donors (Lipinski definition) is 3. The van der Waals surface area contributed by atoms with Gasteiger partial charge < -0.3 is 20.2 Å². The number of carbonyl (C=O) groups excluding carboxylic acids is 2. The second-order valence-electron chi connectivity index (χ2n) is 5.86. The van der Waals surface area contributed by atoms with Gasteiger partial charge in [-0.2, -0.15) is 13.2 Å². The van der Waals surface area contributed by atoms with Crippen molar-refractivity contribution in [2.75, 3.05) is 0 Å². The fraction of sp³-hybridized carbons (Fsp3) is 0.267. The minimum Gasteiger partial charge on any atom is -0.404 e. The van der Waals surface area contributed by atoms with Gasteiger partial charge >= 0.3 is 18.1 Å². The Labute approximate surface area is 153 Å². The molecule has 3 heterocycles. The van der Waals surface area contributed by atoms with Crippen LogP contribution < -0.4 is 10.6 Å². The zero-order valence-corrected chi connectivity index (χ0v) is 13.6. The van der Waals surface area contributed by atoms with Crippen LogP contribution in [-0.4, -0.2) is 38.7 Å². The zero-order valence-electron chi connectivity index (χ0n) is 13.6. The Morgan fingerprint density at radius 1 is 1.36 bits per heavy atom. The lowest BCUT2D eigenvalue weighted by atomic mass is 9.79. The molecule has 2 unspecified atom stereocenters. The van der Waals surface area contributed by atoms with Crippen LogP contribution in [0, 0.1) is 16.0 Å². The summed E-state index contributed by atoms with van der Waals surface area (Å²) in [6.07, 6.45) is -3.19. The Kier molecular flexibility index (Phi) is 4.54. The van der Waals surface area contributed by atoms with Gasteiger partial charge in [0.15, 0.2) is 5.78 Å². The number of ketones is 1. The third kappa shape index (κ3) is 3.15. The molecular weight excluding hydrogens is 389 g/mol. The molecule has 28 heavy (non-hydrogen) atoms. The number of nitrogens with one attached hydrogen (secondary N) is 2. The Hall–Kier alpha value is -3.48. The Morgan fingerprint density at radius 3 is 2.61 bits per heavy atom. The first-order chi connectivity index (χ1) is 13.0. The Bertz CT molecular complexity index is 931. The molecule has 3 N–H and O–H groups in total. The van der Waals surface area contributed by atoms with Crippen molar-refractivity contribution in [1.29, 1.82) is 0 Å². The minimum atomic E-state index is -5.45. The van der Waals surface area contributed by atoms with Gasteiger partial charge in [-0.1, -0.05) is 0 Å². The second-order valence-corrected chi connectivity index (χ2v) is 5.86. The summed E-state index contributed by atoms with van der Waals surface area (Å²) in [5.41, 5.74) is -4.24. The van der Waals surface area contributed by atoms with Gasteiger partial charge in [0, 0.05) is 18.0 Å². The first-order valence-electron chi connectivity index (χ1n) is 7.60. The number of hydrogen-bond acceptors (Lipinski definition) is 7. The highest BCUT2D eigenvalue weighted by molar-refractivity contribution is 6.00. The molecule has 0 saturated carbocycles. The Morgan fingerprint density at radius 2 is 2.07 bits per heavy atom. The molecule has 1 aliphatic heterocycles. The SMILES string of the molecule is O=C1NC(c2ccc([N+](=O)[O-])o2)C(C(=O)c2cccnc2)[C@@](O)(C(F)(F)F)N1. The van der Waals surface area contributed by atoms with Crippen LogP contribution in [0.5, 0.6) is 0 Å². The smallest absolute Gasteiger partial charge is 0.404 e. The van der Waals surface area contributed by atoms with Gasteiger partial charge in [0.1, 0.15) is 22.6 Å². The van der Waals surface area contributed by atoms with Crippen LogP contribution in [0.3, 0.4) is 0 Å². The maximum absolute atomic E-state index is 13.6. The van der Waals surface area contributed by atoms with Crippen molar-refractivity contribution >= 4 is 17.7 Å². The monoisotopic (exact) mass is 400 g/mol. The zero-order chi connectivity index (χ0) is 20.7. The van der Waals surface area contributed by atoms with Crippen molar-refractivity contribution in [2.24, 2.45) is 5.92 Å². The van der Waals surface area contributed by atoms with E-state index in [0.717, 1.165) is 18.3 Å². The summed E-state index contributed by atoms with van der Waals surface area (Å²) < 4.78 is 45.8. The van der Waals surface area contributed by atoms with Crippen molar-refractivity contribution in [3.05, 3.63) is 58.1 Å². The molecule has 1 saturated heterocycles. The van der Waals surface area contributed by atoms with E-state index in [9.17, 15) is 38.0 Å². The predicted octanol–water partition coefficient (Wildman–Crippen LogP) is 1.69. The standard InChI is InChI=1S/C15H11F3N4O6/c16-15(17,18)14(25)10(12(23)7-2-1-5-19-6-7)11(20-13(24)21-14)8-3-4-9(28-8)22(26)27/h1-6,10-11,25H,(H2,20,21,24)/t10?,11?,14-/m1/s1. The molecule has 2 aromatic rings. The van der Waals surface area contributed by atoms with E-state index in [1.165, 1.54) is 23.6 Å². The highest BCUT2D eigenvalue weighted by atomic mass is 19.4. The van der Waals surface area contributed by atoms with Crippen molar-refractivity contribution < 1.29 is 37.2 Å². The van der Waals surface area contributed by atoms with E-state index in [2.05, 4.69) is 4.98 Å². The van der Waals surface area contributed by atoms with Crippen LogP contribution >= 0.6 is 0 Å². The molecule has 3 rings (SSSR count). The third-order valence-electron chi connectivity index (χ3n) is 4.13. The number of Topliss-reactive ketones (excluding diaryl/α,β-unsaturated/α-hetero) is 1. The molecule has 0 radical (unpaired) electrons. The van der Waals surface area contributed by atoms with Crippen molar-refractivity contribution in [3.63, 3.8) is 0 Å². The van der Waals surface area contributed by atoms with Crippen LogP contribution in [-0.2, 0) is 0 Å². The first-order valence-corrected chi connectivity index (χ1v) is 7.60. The van der Waals surface area contributed by atoms with Crippen LogP contribution in [0.25, 0.3) is 0 Å². The van der Waals surface area contributed by atoms with Gasteiger partial charge in [0.2, 0.25) is 5.72 Å². The fourth-order valence-electron chi connectivity index (χ4n) is 2.87. The average molecular weight is 400 g/mol. The van der Waals surface area contributed by atoms with Crippen molar-refractivity contribution in [1.82, 2.24) is 15.6 Å². The van der Waals surface area contributed by atoms with Gasteiger partial charge in [0.05, 0.1) is 6.07 Å². The number of carbonyl (C=O) groups is 2. The summed E-state index contributed by atoms with van der Waals surface area (Å²) in [5.74, 6) is -4.90. The van der Waals surface area contributed by atoms with Gasteiger partial charge in [-0.3, -0.25) is 19.9 Å². The molecule has 1 fully saturated rings. The summed E-state index contributed by atoms with van der Waals surface area (Å²) in [6.45, 7) is 0. The molecule has 2 amide bonds.